The number of ether oxygens (including phenoxy) is 1. The number of rotatable bonds is 5. The summed E-state index contributed by atoms with van der Waals surface area (Å²) < 4.78 is 28.8. The average molecular weight is 301 g/mol. The SMILES string of the molecule is Cc1c(NC(=O)NCC(=O)N(C)C)cccc1OC(F)F. The molecule has 116 valence electrons. The van der Waals surface area contributed by atoms with Gasteiger partial charge in [-0.3, -0.25) is 4.79 Å². The molecule has 0 atom stereocenters. The van der Waals surface area contributed by atoms with Crippen LogP contribution in [0.4, 0.5) is 19.3 Å². The van der Waals surface area contributed by atoms with E-state index in [0.29, 0.717) is 11.3 Å². The van der Waals surface area contributed by atoms with E-state index < -0.39 is 12.6 Å². The Morgan fingerprint density at radius 3 is 2.57 bits per heavy atom. The predicted molar refractivity (Wildman–Crippen MR) is 73.5 cm³/mol. The third kappa shape index (κ3) is 5.25. The molecule has 0 aliphatic carbocycles. The van der Waals surface area contributed by atoms with Crippen molar-refractivity contribution in [2.24, 2.45) is 0 Å². The zero-order valence-electron chi connectivity index (χ0n) is 11.9. The summed E-state index contributed by atoms with van der Waals surface area (Å²) in [6.07, 6.45) is 0. The van der Waals surface area contributed by atoms with Crippen LogP contribution in [0.1, 0.15) is 5.56 Å². The van der Waals surface area contributed by atoms with Crippen LogP contribution in [-0.2, 0) is 4.79 Å². The van der Waals surface area contributed by atoms with Crippen LogP contribution in [0.25, 0.3) is 0 Å². The number of nitrogens with zero attached hydrogens (tertiary/aromatic N) is 1. The van der Waals surface area contributed by atoms with Crippen LogP contribution in [0.2, 0.25) is 0 Å². The molecule has 0 aliphatic rings. The van der Waals surface area contributed by atoms with Gasteiger partial charge in [0.2, 0.25) is 5.91 Å². The Balaban J connectivity index is 2.66. The van der Waals surface area contributed by atoms with Crippen LogP contribution in [0, 0.1) is 6.92 Å². The zero-order chi connectivity index (χ0) is 16.0. The Kier molecular flexibility index (Phi) is 5.89. The molecule has 0 bridgehead atoms. The first-order chi connectivity index (χ1) is 9.81. The molecule has 0 aliphatic heterocycles. The van der Waals surface area contributed by atoms with Crippen molar-refractivity contribution in [2.45, 2.75) is 13.5 Å². The summed E-state index contributed by atoms with van der Waals surface area (Å²) >= 11 is 0. The fraction of sp³-hybridized carbons (Fsp3) is 0.385. The monoisotopic (exact) mass is 301 g/mol. The molecule has 0 aromatic heterocycles. The van der Waals surface area contributed by atoms with Crippen molar-refractivity contribution >= 4 is 17.6 Å². The summed E-state index contributed by atoms with van der Waals surface area (Å²) in [6, 6.07) is 3.79. The van der Waals surface area contributed by atoms with Gasteiger partial charge >= 0.3 is 12.6 Å². The molecule has 0 fully saturated rings. The average Bonchev–Trinajstić information content (AvgIpc) is 2.40. The smallest absolute Gasteiger partial charge is 0.387 e. The van der Waals surface area contributed by atoms with Crippen LogP contribution < -0.4 is 15.4 Å². The molecule has 1 aromatic carbocycles. The van der Waals surface area contributed by atoms with Crippen LogP contribution in [0.5, 0.6) is 5.75 Å². The Labute approximate surface area is 121 Å². The quantitative estimate of drug-likeness (QED) is 0.871. The second kappa shape index (κ2) is 7.41. The molecule has 2 N–H and O–H groups in total. The van der Waals surface area contributed by atoms with Crippen molar-refractivity contribution in [3.63, 3.8) is 0 Å². The maximum Gasteiger partial charge on any atom is 0.387 e. The molecular formula is C13H17F2N3O3. The summed E-state index contributed by atoms with van der Waals surface area (Å²) in [5, 5.41) is 4.84. The van der Waals surface area contributed by atoms with Gasteiger partial charge < -0.3 is 20.3 Å². The number of anilines is 1. The molecular weight excluding hydrogens is 284 g/mol. The maximum atomic E-state index is 12.2. The number of urea groups is 1. The van der Waals surface area contributed by atoms with E-state index in [4.69, 9.17) is 0 Å². The van der Waals surface area contributed by atoms with E-state index in [-0.39, 0.29) is 18.2 Å². The summed E-state index contributed by atoms with van der Waals surface area (Å²) in [4.78, 5) is 24.3. The first-order valence-electron chi connectivity index (χ1n) is 6.10. The van der Waals surface area contributed by atoms with Gasteiger partial charge in [-0.25, -0.2) is 4.79 Å². The van der Waals surface area contributed by atoms with Crippen LogP contribution >= 0.6 is 0 Å². The van der Waals surface area contributed by atoms with Crippen molar-refractivity contribution < 1.29 is 23.1 Å². The highest BCUT2D eigenvalue weighted by molar-refractivity contribution is 5.93. The third-order valence-corrected chi connectivity index (χ3v) is 2.65. The number of benzene rings is 1. The minimum atomic E-state index is -2.94. The fourth-order valence-electron chi connectivity index (χ4n) is 1.45. The van der Waals surface area contributed by atoms with Crippen molar-refractivity contribution in [1.82, 2.24) is 10.2 Å². The highest BCUT2D eigenvalue weighted by atomic mass is 19.3. The summed E-state index contributed by atoms with van der Waals surface area (Å²) in [5.41, 5.74) is 0.690. The van der Waals surface area contributed by atoms with E-state index >= 15 is 0 Å². The topological polar surface area (TPSA) is 70.7 Å². The number of amides is 3. The highest BCUT2D eigenvalue weighted by Crippen LogP contribution is 2.26. The van der Waals surface area contributed by atoms with E-state index in [2.05, 4.69) is 15.4 Å². The number of carbonyl (C=O) groups excluding carboxylic acids is 2. The lowest BCUT2D eigenvalue weighted by Crippen LogP contribution is -2.38. The molecule has 0 saturated carbocycles. The van der Waals surface area contributed by atoms with Crippen LogP contribution in [0.15, 0.2) is 18.2 Å². The maximum absolute atomic E-state index is 12.2. The standard InChI is InChI=1S/C13H17F2N3O3/c1-8-9(5-4-6-10(8)21-12(14)15)17-13(20)16-7-11(19)18(2)3/h4-6,12H,7H2,1-3H3,(H2,16,17,20). The van der Waals surface area contributed by atoms with Crippen molar-refractivity contribution in [1.29, 1.82) is 0 Å². The second-order valence-corrected chi connectivity index (χ2v) is 4.40. The number of carbonyl (C=O) groups is 2. The number of nitrogens with one attached hydrogen (secondary N) is 2. The molecule has 8 heteroatoms. The van der Waals surface area contributed by atoms with E-state index in [1.807, 2.05) is 0 Å². The number of hydrogen-bond acceptors (Lipinski definition) is 3. The Morgan fingerprint density at radius 2 is 2.00 bits per heavy atom. The normalized spacial score (nSPS) is 10.2. The van der Waals surface area contributed by atoms with E-state index in [0.717, 1.165) is 0 Å². The van der Waals surface area contributed by atoms with Gasteiger partial charge in [0.25, 0.3) is 0 Å². The number of likely N-dealkylation sites (N-methyl/N-ethyl adjacent to an activating group) is 1. The summed E-state index contributed by atoms with van der Waals surface area (Å²) in [7, 11) is 3.13. The van der Waals surface area contributed by atoms with Crippen molar-refractivity contribution in [3.8, 4) is 5.75 Å². The lowest BCUT2D eigenvalue weighted by molar-refractivity contribution is -0.127. The third-order valence-electron chi connectivity index (χ3n) is 2.65. The van der Waals surface area contributed by atoms with Crippen LogP contribution in [-0.4, -0.2) is 44.1 Å². The van der Waals surface area contributed by atoms with Gasteiger partial charge in [0.1, 0.15) is 5.75 Å². The van der Waals surface area contributed by atoms with E-state index in [1.54, 1.807) is 20.2 Å². The molecule has 1 rings (SSSR count). The second-order valence-electron chi connectivity index (χ2n) is 4.40. The Hall–Kier alpha value is -2.38. The molecule has 3 amide bonds. The van der Waals surface area contributed by atoms with Crippen molar-refractivity contribution in [2.75, 3.05) is 26.0 Å². The first kappa shape index (κ1) is 16.7. The van der Waals surface area contributed by atoms with Gasteiger partial charge in [-0.15, -0.1) is 0 Å². The van der Waals surface area contributed by atoms with Gasteiger partial charge in [-0.2, -0.15) is 8.78 Å². The Bertz CT molecular complexity index is 521. The lowest BCUT2D eigenvalue weighted by Gasteiger charge is -2.14. The number of hydrogen-bond donors (Lipinski definition) is 2. The summed E-state index contributed by atoms with van der Waals surface area (Å²) in [5.74, 6) is -0.288. The van der Waals surface area contributed by atoms with Gasteiger partial charge in [-0.05, 0) is 19.1 Å². The van der Waals surface area contributed by atoms with Gasteiger partial charge in [0.15, 0.2) is 0 Å². The largest absolute Gasteiger partial charge is 0.434 e. The zero-order valence-corrected chi connectivity index (χ0v) is 11.9. The summed E-state index contributed by atoms with van der Waals surface area (Å²) in [6.45, 7) is -1.56. The minimum absolute atomic E-state index is 0.0211. The highest BCUT2D eigenvalue weighted by Gasteiger charge is 2.12. The van der Waals surface area contributed by atoms with Gasteiger partial charge in [0.05, 0.1) is 6.54 Å². The molecule has 1 aromatic rings. The van der Waals surface area contributed by atoms with E-state index in [1.165, 1.54) is 24.0 Å². The van der Waals surface area contributed by atoms with Crippen molar-refractivity contribution in [3.05, 3.63) is 23.8 Å². The molecule has 0 radical (unpaired) electrons. The number of alkyl halides is 2. The van der Waals surface area contributed by atoms with Gasteiger partial charge in [0, 0.05) is 25.3 Å². The number of halogens is 2. The fourth-order valence-corrected chi connectivity index (χ4v) is 1.45. The lowest BCUT2D eigenvalue weighted by atomic mass is 10.2. The predicted octanol–water partition coefficient (Wildman–Crippen LogP) is 1.81. The van der Waals surface area contributed by atoms with E-state index in [9.17, 15) is 18.4 Å². The van der Waals surface area contributed by atoms with Gasteiger partial charge in [-0.1, -0.05) is 6.07 Å². The molecule has 0 heterocycles. The molecule has 21 heavy (non-hydrogen) atoms. The molecule has 0 spiro atoms. The molecule has 0 unspecified atom stereocenters. The minimum Gasteiger partial charge on any atom is -0.434 e. The Morgan fingerprint density at radius 1 is 1.33 bits per heavy atom. The molecule has 0 saturated heterocycles. The molecule has 6 nitrogen and oxygen atoms in total. The van der Waals surface area contributed by atoms with Crippen LogP contribution in [0.3, 0.4) is 0 Å². The first-order valence-corrected chi connectivity index (χ1v) is 6.10.